The molecule has 0 fully saturated rings. The van der Waals surface area contributed by atoms with E-state index in [9.17, 15) is 4.79 Å². The number of hydrogen-bond acceptors (Lipinski definition) is 2. The Morgan fingerprint density at radius 3 is 2.79 bits per heavy atom. The Kier molecular flexibility index (Phi) is 9.28. The lowest BCUT2D eigenvalue weighted by Crippen LogP contribution is -2.04. The van der Waals surface area contributed by atoms with Crippen molar-refractivity contribution in [3.8, 4) is 0 Å². The van der Waals surface area contributed by atoms with E-state index in [4.69, 9.17) is 4.74 Å². The van der Waals surface area contributed by atoms with E-state index in [2.05, 4.69) is 19.6 Å². The number of carbonyl (C=O) groups is 1. The van der Waals surface area contributed by atoms with Gasteiger partial charge >= 0.3 is 5.97 Å². The minimum absolute atomic E-state index is 0.100. The Balaban J connectivity index is 3.26. The first-order chi connectivity index (χ1) is 6.81. The third kappa shape index (κ3) is 9.04. The highest BCUT2D eigenvalue weighted by Gasteiger charge is 1.99. The normalized spacial score (nSPS) is 10.4. The van der Waals surface area contributed by atoms with Gasteiger partial charge in [0.25, 0.3) is 0 Å². The lowest BCUT2D eigenvalue weighted by molar-refractivity contribution is -0.143. The smallest absolute Gasteiger partial charge is 0.305 e. The largest absolute Gasteiger partial charge is 0.465 e. The summed E-state index contributed by atoms with van der Waals surface area (Å²) in [6, 6.07) is 0. The molecule has 0 heterocycles. The molecule has 0 aromatic carbocycles. The second kappa shape index (κ2) is 10.0. The molecule has 0 N–H and O–H groups in total. The predicted octanol–water partition coefficient (Wildman–Crippen LogP) is 3.24. The summed E-state index contributed by atoms with van der Waals surface area (Å²) in [5.41, 5.74) is 0. The van der Waals surface area contributed by atoms with Crippen LogP contribution in [0.25, 0.3) is 0 Å². The number of unbranched alkanes of at least 4 members (excludes halogenated alkanes) is 1. The van der Waals surface area contributed by atoms with E-state index in [0.717, 1.165) is 25.7 Å². The number of rotatable bonds is 8. The third-order valence-corrected chi connectivity index (χ3v) is 1.74. The van der Waals surface area contributed by atoms with Crippen molar-refractivity contribution in [2.24, 2.45) is 0 Å². The van der Waals surface area contributed by atoms with E-state index in [0.29, 0.717) is 13.0 Å². The van der Waals surface area contributed by atoms with E-state index in [1.165, 1.54) is 0 Å². The average Bonchev–Trinajstić information content (AvgIpc) is 2.18. The quantitative estimate of drug-likeness (QED) is 0.338. The van der Waals surface area contributed by atoms with Gasteiger partial charge in [-0.05, 0) is 25.7 Å². The van der Waals surface area contributed by atoms with Crippen molar-refractivity contribution in [2.45, 2.75) is 39.0 Å². The Labute approximate surface area is 86.6 Å². The topological polar surface area (TPSA) is 26.3 Å². The van der Waals surface area contributed by atoms with Crippen molar-refractivity contribution < 1.29 is 9.53 Å². The molecule has 0 spiro atoms. The van der Waals surface area contributed by atoms with E-state index in [1.807, 2.05) is 12.2 Å². The first-order valence-corrected chi connectivity index (χ1v) is 5.22. The SMILES string of the molecule is C=CCCCC(=O)OCC/C=C\CC. The van der Waals surface area contributed by atoms with Crippen LogP contribution in [0.4, 0.5) is 0 Å². The minimum atomic E-state index is -0.100. The van der Waals surface area contributed by atoms with E-state index >= 15 is 0 Å². The van der Waals surface area contributed by atoms with Crippen molar-refractivity contribution in [2.75, 3.05) is 6.61 Å². The summed E-state index contributed by atoms with van der Waals surface area (Å²) in [5, 5.41) is 0. The maximum absolute atomic E-state index is 11.1. The van der Waals surface area contributed by atoms with Gasteiger partial charge in [0.05, 0.1) is 6.61 Å². The van der Waals surface area contributed by atoms with Crippen molar-refractivity contribution in [3.63, 3.8) is 0 Å². The van der Waals surface area contributed by atoms with Crippen LogP contribution in [0.15, 0.2) is 24.8 Å². The molecule has 0 atom stereocenters. The first kappa shape index (κ1) is 12.9. The third-order valence-electron chi connectivity index (χ3n) is 1.74. The Morgan fingerprint density at radius 1 is 1.36 bits per heavy atom. The highest BCUT2D eigenvalue weighted by Crippen LogP contribution is 1.98. The minimum Gasteiger partial charge on any atom is -0.465 e. The van der Waals surface area contributed by atoms with Gasteiger partial charge in [-0.1, -0.05) is 25.2 Å². The highest BCUT2D eigenvalue weighted by atomic mass is 16.5. The van der Waals surface area contributed by atoms with Crippen LogP contribution in [0, 0.1) is 0 Å². The molecule has 2 heteroatoms. The van der Waals surface area contributed by atoms with Crippen LogP contribution >= 0.6 is 0 Å². The van der Waals surface area contributed by atoms with Gasteiger partial charge < -0.3 is 4.74 Å². The van der Waals surface area contributed by atoms with E-state index in [-0.39, 0.29) is 5.97 Å². The zero-order valence-corrected chi connectivity index (χ0v) is 9.00. The van der Waals surface area contributed by atoms with Crippen molar-refractivity contribution >= 4 is 5.97 Å². The molecule has 0 aliphatic rings. The second-order valence-corrected chi connectivity index (χ2v) is 3.07. The monoisotopic (exact) mass is 196 g/mol. The molecule has 0 aliphatic carbocycles. The van der Waals surface area contributed by atoms with Crippen molar-refractivity contribution in [3.05, 3.63) is 24.8 Å². The summed E-state index contributed by atoms with van der Waals surface area (Å²) in [7, 11) is 0. The van der Waals surface area contributed by atoms with E-state index < -0.39 is 0 Å². The lowest BCUT2D eigenvalue weighted by atomic mass is 10.2. The molecular weight excluding hydrogens is 176 g/mol. The molecule has 0 aliphatic heterocycles. The van der Waals surface area contributed by atoms with Crippen LogP contribution in [0.1, 0.15) is 39.0 Å². The molecule has 0 unspecified atom stereocenters. The van der Waals surface area contributed by atoms with Crippen molar-refractivity contribution in [1.82, 2.24) is 0 Å². The van der Waals surface area contributed by atoms with Crippen LogP contribution < -0.4 is 0 Å². The van der Waals surface area contributed by atoms with Crippen LogP contribution in [-0.2, 0) is 9.53 Å². The fourth-order valence-electron chi connectivity index (χ4n) is 0.988. The Morgan fingerprint density at radius 2 is 2.14 bits per heavy atom. The number of hydrogen-bond donors (Lipinski definition) is 0. The van der Waals surface area contributed by atoms with Gasteiger partial charge in [0, 0.05) is 6.42 Å². The number of allylic oxidation sites excluding steroid dienone is 2. The van der Waals surface area contributed by atoms with Crippen molar-refractivity contribution in [1.29, 1.82) is 0 Å². The summed E-state index contributed by atoms with van der Waals surface area (Å²) in [5.74, 6) is -0.100. The van der Waals surface area contributed by atoms with Gasteiger partial charge in [-0.25, -0.2) is 0 Å². The molecule has 0 aromatic rings. The van der Waals surface area contributed by atoms with Gasteiger partial charge in [0.15, 0.2) is 0 Å². The molecule has 0 bridgehead atoms. The van der Waals surface area contributed by atoms with Gasteiger partial charge in [-0.2, -0.15) is 0 Å². The number of ether oxygens (including phenoxy) is 1. The van der Waals surface area contributed by atoms with Gasteiger partial charge in [0.1, 0.15) is 0 Å². The molecule has 0 amide bonds. The molecule has 14 heavy (non-hydrogen) atoms. The zero-order chi connectivity index (χ0) is 10.6. The summed E-state index contributed by atoms with van der Waals surface area (Å²) in [6.07, 6.45) is 10.0. The molecule has 0 aromatic heterocycles. The van der Waals surface area contributed by atoms with E-state index in [1.54, 1.807) is 0 Å². The zero-order valence-electron chi connectivity index (χ0n) is 9.00. The molecule has 2 nitrogen and oxygen atoms in total. The maximum atomic E-state index is 11.1. The second-order valence-electron chi connectivity index (χ2n) is 3.07. The predicted molar refractivity (Wildman–Crippen MR) is 59.1 cm³/mol. The summed E-state index contributed by atoms with van der Waals surface area (Å²) in [4.78, 5) is 11.1. The number of esters is 1. The summed E-state index contributed by atoms with van der Waals surface area (Å²) in [6.45, 7) is 6.18. The Bertz CT molecular complexity index is 183. The maximum Gasteiger partial charge on any atom is 0.305 e. The van der Waals surface area contributed by atoms with Crippen LogP contribution in [-0.4, -0.2) is 12.6 Å². The molecule has 0 rings (SSSR count). The van der Waals surface area contributed by atoms with Gasteiger partial charge in [0.2, 0.25) is 0 Å². The van der Waals surface area contributed by atoms with Crippen LogP contribution in [0.3, 0.4) is 0 Å². The summed E-state index contributed by atoms with van der Waals surface area (Å²) < 4.78 is 5.01. The molecule has 0 saturated heterocycles. The van der Waals surface area contributed by atoms with Crippen LogP contribution in [0.5, 0.6) is 0 Å². The summed E-state index contributed by atoms with van der Waals surface area (Å²) >= 11 is 0. The molecular formula is C12H20O2. The Hall–Kier alpha value is -1.05. The van der Waals surface area contributed by atoms with Crippen LogP contribution in [0.2, 0.25) is 0 Å². The first-order valence-electron chi connectivity index (χ1n) is 5.22. The number of carbonyl (C=O) groups excluding carboxylic acids is 1. The standard InChI is InChI=1S/C12H20O2/c1-3-5-7-9-11-14-12(13)10-8-6-4-2/h4-5,7H,2-3,6,8-11H2,1H3/b7-5-. The highest BCUT2D eigenvalue weighted by molar-refractivity contribution is 5.69. The average molecular weight is 196 g/mol. The van der Waals surface area contributed by atoms with Gasteiger partial charge in [-0.3, -0.25) is 4.79 Å². The lowest BCUT2D eigenvalue weighted by Gasteiger charge is -2.01. The fourth-order valence-corrected chi connectivity index (χ4v) is 0.988. The van der Waals surface area contributed by atoms with Gasteiger partial charge in [-0.15, -0.1) is 6.58 Å². The molecule has 0 radical (unpaired) electrons. The molecule has 0 saturated carbocycles. The molecule has 80 valence electrons. The fraction of sp³-hybridized carbons (Fsp3) is 0.583.